The Labute approximate surface area is 110 Å². The second kappa shape index (κ2) is 5.14. The predicted octanol–water partition coefficient (Wildman–Crippen LogP) is 1.52. The number of carbonyl (C=O) groups is 1. The van der Waals surface area contributed by atoms with Crippen LogP contribution in [-0.4, -0.2) is 40.0 Å². The van der Waals surface area contributed by atoms with Crippen LogP contribution < -0.4 is 10.2 Å². The van der Waals surface area contributed by atoms with Crippen molar-refractivity contribution in [3.8, 4) is 0 Å². The molecule has 1 N–H and O–H groups in total. The van der Waals surface area contributed by atoms with Crippen LogP contribution in [0, 0.1) is 0 Å². The summed E-state index contributed by atoms with van der Waals surface area (Å²) in [5, 5.41) is 3.43. The van der Waals surface area contributed by atoms with Crippen molar-refractivity contribution in [1.82, 2.24) is 9.97 Å². The number of hydrogen-bond donors (Lipinski definition) is 1. The third kappa shape index (κ3) is 2.43. The Balaban J connectivity index is 1.72. The molecule has 2 saturated heterocycles. The maximum absolute atomic E-state index is 11.6. The Morgan fingerprint density at radius 2 is 2.17 bits per heavy atom. The zero-order valence-electron chi connectivity index (χ0n) is 10.1. The molecule has 0 aliphatic carbocycles. The van der Waals surface area contributed by atoms with E-state index < -0.39 is 0 Å². The predicted molar refractivity (Wildman–Crippen MR) is 73.0 cm³/mol. The molecule has 6 heteroatoms. The van der Waals surface area contributed by atoms with E-state index in [1.807, 2.05) is 6.07 Å². The minimum atomic E-state index is -0.0867. The number of nitrogens with one attached hydrogen (secondary N) is 1. The lowest BCUT2D eigenvalue weighted by atomic mass is 10.2. The molecule has 0 bridgehead atoms. The average molecular weight is 264 g/mol. The molecule has 0 spiro atoms. The fourth-order valence-electron chi connectivity index (χ4n) is 2.35. The SMILES string of the molecule is O=C1SCCC1Nc1cc(N2CCCC2)ncn1. The second-order valence-corrected chi connectivity index (χ2v) is 5.71. The molecule has 0 radical (unpaired) electrons. The van der Waals surface area contributed by atoms with Crippen molar-refractivity contribution in [2.45, 2.75) is 25.3 Å². The van der Waals surface area contributed by atoms with Crippen LogP contribution in [0.2, 0.25) is 0 Å². The zero-order chi connectivity index (χ0) is 12.4. The molecule has 2 fully saturated rings. The van der Waals surface area contributed by atoms with E-state index in [0.29, 0.717) is 0 Å². The summed E-state index contributed by atoms with van der Waals surface area (Å²) in [6, 6.07) is 1.86. The highest BCUT2D eigenvalue weighted by Crippen LogP contribution is 2.24. The molecule has 2 aliphatic rings. The van der Waals surface area contributed by atoms with E-state index in [-0.39, 0.29) is 11.2 Å². The van der Waals surface area contributed by atoms with Crippen molar-refractivity contribution >= 4 is 28.5 Å². The number of nitrogens with zero attached hydrogens (tertiary/aromatic N) is 3. The molecule has 3 rings (SSSR count). The molecule has 18 heavy (non-hydrogen) atoms. The number of anilines is 2. The van der Waals surface area contributed by atoms with Crippen LogP contribution in [0.1, 0.15) is 19.3 Å². The first-order valence-electron chi connectivity index (χ1n) is 6.33. The molecule has 3 heterocycles. The van der Waals surface area contributed by atoms with Gasteiger partial charge < -0.3 is 10.2 Å². The highest BCUT2D eigenvalue weighted by Gasteiger charge is 2.25. The normalized spacial score (nSPS) is 23.7. The Kier molecular flexibility index (Phi) is 3.36. The van der Waals surface area contributed by atoms with Gasteiger partial charge in [-0.1, -0.05) is 11.8 Å². The maximum atomic E-state index is 11.6. The van der Waals surface area contributed by atoms with Crippen LogP contribution in [-0.2, 0) is 4.79 Å². The number of hydrogen-bond acceptors (Lipinski definition) is 6. The van der Waals surface area contributed by atoms with E-state index in [1.165, 1.54) is 24.6 Å². The molecule has 96 valence electrons. The first kappa shape index (κ1) is 11.8. The quantitative estimate of drug-likeness (QED) is 0.893. The standard InChI is InChI=1S/C12H16N4OS/c17-12-9(3-6-18-12)15-10-7-11(14-8-13-10)16-4-1-2-5-16/h7-9H,1-6H2,(H,13,14,15). The fourth-order valence-corrected chi connectivity index (χ4v) is 3.28. The minimum absolute atomic E-state index is 0.0867. The van der Waals surface area contributed by atoms with Crippen LogP contribution in [0.3, 0.4) is 0 Å². The van der Waals surface area contributed by atoms with Crippen LogP contribution in [0.5, 0.6) is 0 Å². The summed E-state index contributed by atoms with van der Waals surface area (Å²) >= 11 is 1.40. The highest BCUT2D eigenvalue weighted by atomic mass is 32.2. The van der Waals surface area contributed by atoms with Crippen molar-refractivity contribution in [2.24, 2.45) is 0 Å². The van der Waals surface area contributed by atoms with Gasteiger partial charge in [-0.05, 0) is 19.3 Å². The van der Waals surface area contributed by atoms with E-state index in [1.54, 1.807) is 6.33 Å². The van der Waals surface area contributed by atoms with Crippen molar-refractivity contribution in [3.63, 3.8) is 0 Å². The molecule has 0 saturated carbocycles. The van der Waals surface area contributed by atoms with Gasteiger partial charge in [-0.25, -0.2) is 9.97 Å². The number of aromatic nitrogens is 2. The van der Waals surface area contributed by atoms with Gasteiger partial charge in [0.25, 0.3) is 0 Å². The van der Waals surface area contributed by atoms with E-state index >= 15 is 0 Å². The lowest BCUT2D eigenvalue weighted by Gasteiger charge is -2.17. The van der Waals surface area contributed by atoms with Crippen LogP contribution in [0.25, 0.3) is 0 Å². The first-order valence-corrected chi connectivity index (χ1v) is 7.32. The van der Waals surface area contributed by atoms with E-state index in [2.05, 4.69) is 20.2 Å². The lowest BCUT2D eigenvalue weighted by Crippen LogP contribution is -2.24. The zero-order valence-corrected chi connectivity index (χ0v) is 10.9. The highest BCUT2D eigenvalue weighted by molar-refractivity contribution is 8.14. The van der Waals surface area contributed by atoms with Crippen molar-refractivity contribution in [2.75, 3.05) is 29.1 Å². The minimum Gasteiger partial charge on any atom is -0.359 e. The number of carbonyl (C=O) groups excluding carboxylic acids is 1. The molecule has 1 aromatic rings. The van der Waals surface area contributed by atoms with Gasteiger partial charge in [-0.3, -0.25) is 4.79 Å². The van der Waals surface area contributed by atoms with Gasteiger partial charge in [-0.15, -0.1) is 0 Å². The second-order valence-electron chi connectivity index (χ2n) is 4.61. The van der Waals surface area contributed by atoms with Gasteiger partial charge in [0.1, 0.15) is 18.0 Å². The maximum Gasteiger partial charge on any atom is 0.211 e. The summed E-state index contributed by atoms with van der Waals surface area (Å²) in [5.74, 6) is 2.62. The number of rotatable bonds is 3. The molecular formula is C12H16N4OS. The summed E-state index contributed by atoms with van der Waals surface area (Å²) in [6.45, 7) is 2.13. The van der Waals surface area contributed by atoms with E-state index in [9.17, 15) is 4.79 Å². The molecule has 2 aliphatic heterocycles. The summed E-state index contributed by atoms with van der Waals surface area (Å²) in [4.78, 5) is 22.3. The van der Waals surface area contributed by atoms with Gasteiger partial charge >= 0.3 is 0 Å². The van der Waals surface area contributed by atoms with Crippen molar-refractivity contribution in [3.05, 3.63) is 12.4 Å². The van der Waals surface area contributed by atoms with Crippen molar-refractivity contribution in [1.29, 1.82) is 0 Å². The van der Waals surface area contributed by atoms with Crippen LogP contribution >= 0.6 is 11.8 Å². The molecule has 1 atom stereocenters. The summed E-state index contributed by atoms with van der Waals surface area (Å²) in [6.07, 6.45) is 4.91. The Morgan fingerprint density at radius 3 is 2.89 bits per heavy atom. The number of thioether (sulfide) groups is 1. The van der Waals surface area contributed by atoms with Crippen LogP contribution in [0.4, 0.5) is 11.6 Å². The smallest absolute Gasteiger partial charge is 0.211 e. The summed E-state index contributed by atoms with van der Waals surface area (Å²) in [5.41, 5.74) is 0. The van der Waals surface area contributed by atoms with Crippen LogP contribution in [0.15, 0.2) is 12.4 Å². The largest absolute Gasteiger partial charge is 0.359 e. The monoisotopic (exact) mass is 264 g/mol. The van der Waals surface area contributed by atoms with Gasteiger partial charge in [0, 0.05) is 24.9 Å². The van der Waals surface area contributed by atoms with E-state index in [4.69, 9.17) is 0 Å². The third-order valence-electron chi connectivity index (χ3n) is 3.34. The molecule has 5 nitrogen and oxygen atoms in total. The molecule has 1 aromatic heterocycles. The average Bonchev–Trinajstić information content (AvgIpc) is 3.02. The Bertz CT molecular complexity index is 447. The molecule has 0 amide bonds. The van der Waals surface area contributed by atoms with E-state index in [0.717, 1.165) is 36.9 Å². The summed E-state index contributed by atoms with van der Waals surface area (Å²) < 4.78 is 0. The van der Waals surface area contributed by atoms with Gasteiger partial charge in [0.05, 0.1) is 6.04 Å². The van der Waals surface area contributed by atoms with Crippen molar-refractivity contribution < 1.29 is 4.79 Å². The molecule has 0 aromatic carbocycles. The topological polar surface area (TPSA) is 58.1 Å². The molecule has 1 unspecified atom stereocenters. The summed E-state index contributed by atoms with van der Waals surface area (Å²) in [7, 11) is 0. The Morgan fingerprint density at radius 1 is 1.33 bits per heavy atom. The lowest BCUT2D eigenvalue weighted by molar-refractivity contribution is -0.111. The molecular weight excluding hydrogens is 248 g/mol. The first-order chi connectivity index (χ1) is 8.83. The third-order valence-corrected chi connectivity index (χ3v) is 4.35. The Hall–Kier alpha value is -1.30. The van der Waals surface area contributed by atoms with Gasteiger partial charge in [0.15, 0.2) is 0 Å². The fraction of sp³-hybridized carbons (Fsp3) is 0.583. The van der Waals surface area contributed by atoms with Gasteiger partial charge in [0.2, 0.25) is 5.12 Å². The van der Waals surface area contributed by atoms with Gasteiger partial charge in [-0.2, -0.15) is 0 Å².